The van der Waals surface area contributed by atoms with Crippen molar-refractivity contribution >= 4 is 11.6 Å². The number of ether oxygens (including phenoxy) is 1. The van der Waals surface area contributed by atoms with Gasteiger partial charge in [0, 0.05) is 30.4 Å². The van der Waals surface area contributed by atoms with Crippen LogP contribution in [0.15, 0.2) is 64.2 Å². The average Bonchev–Trinajstić information content (AvgIpc) is 2.81. The van der Waals surface area contributed by atoms with Gasteiger partial charge in [-0.05, 0) is 74.2 Å². The molecule has 0 spiro atoms. The van der Waals surface area contributed by atoms with Crippen molar-refractivity contribution in [3.05, 3.63) is 91.7 Å². The third-order valence-electron chi connectivity index (χ3n) is 6.29. The van der Waals surface area contributed by atoms with Crippen LogP contribution in [0, 0.1) is 5.92 Å². The number of hydrogen-bond acceptors (Lipinski definition) is 4. The first-order valence-electron chi connectivity index (χ1n) is 10.9. The van der Waals surface area contributed by atoms with Crippen molar-refractivity contribution in [1.29, 1.82) is 0 Å². The third kappa shape index (κ3) is 4.81. The van der Waals surface area contributed by atoms with E-state index in [0.29, 0.717) is 18.2 Å². The van der Waals surface area contributed by atoms with Gasteiger partial charge in [-0.1, -0.05) is 29.8 Å². The minimum atomic E-state index is -0.318. The molecular weight excluding hydrogens is 426 g/mol. The fraction of sp³-hybridized carbons (Fsp3) is 0.360. The van der Waals surface area contributed by atoms with Crippen LogP contribution in [-0.4, -0.2) is 34.2 Å². The van der Waals surface area contributed by atoms with E-state index in [1.165, 1.54) is 4.57 Å². The summed E-state index contributed by atoms with van der Waals surface area (Å²) in [7, 11) is 3.39. The number of aromatic nitrogens is 2. The Labute approximate surface area is 192 Å². The van der Waals surface area contributed by atoms with E-state index in [0.717, 1.165) is 54.4 Å². The van der Waals surface area contributed by atoms with Crippen LogP contribution in [0.4, 0.5) is 0 Å². The topological polar surface area (TPSA) is 56.5 Å². The number of piperidine rings is 1. The quantitative estimate of drug-likeness (QED) is 0.571. The van der Waals surface area contributed by atoms with Crippen LogP contribution in [0.2, 0.25) is 5.02 Å². The van der Waals surface area contributed by atoms with Gasteiger partial charge in [0.1, 0.15) is 5.75 Å². The predicted octanol–water partition coefficient (Wildman–Crippen LogP) is 3.65. The molecule has 6 nitrogen and oxygen atoms in total. The summed E-state index contributed by atoms with van der Waals surface area (Å²) >= 11 is 6.38. The van der Waals surface area contributed by atoms with Crippen LogP contribution < -0.4 is 16.0 Å². The lowest BCUT2D eigenvalue weighted by atomic mass is 9.90. The van der Waals surface area contributed by atoms with Crippen molar-refractivity contribution in [3.63, 3.8) is 0 Å². The molecule has 1 aromatic heterocycles. The minimum Gasteiger partial charge on any atom is -0.497 e. The first-order valence-corrected chi connectivity index (χ1v) is 11.3. The highest BCUT2D eigenvalue weighted by molar-refractivity contribution is 6.31. The highest BCUT2D eigenvalue weighted by Gasteiger charge is 2.22. The highest BCUT2D eigenvalue weighted by Crippen LogP contribution is 2.28. The molecule has 0 saturated carbocycles. The number of halogens is 1. The number of nitrogens with zero attached hydrogens (tertiary/aromatic N) is 3. The molecule has 7 heteroatoms. The summed E-state index contributed by atoms with van der Waals surface area (Å²) in [5, 5.41) is 0.780. The summed E-state index contributed by atoms with van der Waals surface area (Å²) in [5.74, 6) is 1.37. The lowest BCUT2D eigenvalue weighted by molar-refractivity contribution is 0.173. The SMILES string of the molecule is COc1ccc(Cl)c(CC2CCN(Cc3cc(=O)n(-c4ccccc4)c(=O)n3C)CC2)c1. The van der Waals surface area contributed by atoms with Gasteiger partial charge in [-0.3, -0.25) is 14.3 Å². The summed E-state index contributed by atoms with van der Waals surface area (Å²) in [5.41, 5.74) is 1.83. The second kappa shape index (κ2) is 9.76. The van der Waals surface area contributed by atoms with Crippen molar-refractivity contribution < 1.29 is 4.74 Å². The number of benzene rings is 2. The second-order valence-electron chi connectivity index (χ2n) is 8.37. The largest absolute Gasteiger partial charge is 0.497 e. The summed E-state index contributed by atoms with van der Waals surface area (Å²) in [4.78, 5) is 27.9. The molecule has 2 heterocycles. The van der Waals surface area contributed by atoms with E-state index in [2.05, 4.69) is 4.90 Å². The maximum atomic E-state index is 12.9. The Morgan fingerprint density at radius 1 is 1.03 bits per heavy atom. The van der Waals surface area contributed by atoms with Crippen LogP contribution in [0.5, 0.6) is 5.75 Å². The van der Waals surface area contributed by atoms with Gasteiger partial charge in [-0.2, -0.15) is 0 Å². The zero-order valence-corrected chi connectivity index (χ0v) is 19.2. The molecular formula is C25H28ClN3O3. The second-order valence-corrected chi connectivity index (χ2v) is 8.77. The molecule has 168 valence electrons. The summed E-state index contributed by atoms with van der Waals surface area (Å²) in [6, 6.07) is 16.4. The van der Waals surface area contributed by atoms with Gasteiger partial charge >= 0.3 is 5.69 Å². The molecule has 0 N–H and O–H groups in total. The lowest BCUT2D eigenvalue weighted by Crippen LogP contribution is -2.41. The number of methoxy groups -OCH3 is 1. The highest BCUT2D eigenvalue weighted by atomic mass is 35.5. The summed E-state index contributed by atoms with van der Waals surface area (Å²) < 4.78 is 8.12. The molecule has 2 aromatic carbocycles. The molecule has 1 aliphatic rings. The zero-order valence-electron chi connectivity index (χ0n) is 18.5. The van der Waals surface area contributed by atoms with E-state index in [1.54, 1.807) is 36.9 Å². The molecule has 0 radical (unpaired) electrons. The number of rotatable bonds is 6. The molecule has 4 rings (SSSR count). The molecule has 0 aliphatic carbocycles. The summed E-state index contributed by atoms with van der Waals surface area (Å²) in [6.45, 7) is 2.42. The van der Waals surface area contributed by atoms with Crippen LogP contribution in [0.1, 0.15) is 24.1 Å². The van der Waals surface area contributed by atoms with Gasteiger partial charge in [-0.15, -0.1) is 0 Å². The van der Waals surface area contributed by atoms with Gasteiger partial charge in [0.05, 0.1) is 12.8 Å². The van der Waals surface area contributed by atoms with E-state index in [4.69, 9.17) is 16.3 Å². The molecule has 0 amide bonds. The van der Waals surface area contributed by atoms with Crippen molar-refractivity contribution in [2.45, 2.75) is 25.8 Å². The van der Waals surface area contributed by atoms with Crippen LogP contribution in [0.25, 0.3) is 5.69 Å². The fourth-order valence-corrected chi connectivity index (χ4v) is 4.56. The predicted molar refractivity (Wildman–Crippen MR) is 127 cm³/mol. The van der Waals surface area contributed by atoms with E-state index >= 15 is 0 Å². The molecule has 0 unspecified atom stereocenters. The normalized spacial score (nSPS) is 15.1. The van der Waals surface area contributed by atoms with Crippen LogP contribution in [0.3, 0.4) is 0 Å². The van der Waals surface area contributed by atoms with E-state index < -0.39 is 0 Å². The third-order valence-corrected chi connectivity index (χ3v) is 6.66. The van der Waals surface area contributed by atoms with Gasteiger partial charge in [-0.25, -0.2) is 9.36 Å². The Kier molecular flexibility index (Phi) is 6.82. The van der Waals surface area contributed by atoms with E-state index in [9.17, 15) is 9.59 Å². The lowest BCUT2D eigenvalue weighted by Gasteiger charge is -2.32. The molecule has 32 heavy (non-hydrogen) atoms. The first kappa shape index (κ1) is 22.4. The number of likely N-dealkylation sites (tertiary alicyclic amines) is 1. The Morgan fingerprint density at radius 3 is 2.44 bits per heavy atom. The van der Waals surface area contributed by atoms with E-state index in [-0.39, 0.29) is 11.2 Å². The maximum Gasteiger partial charge on any atom is 0.335 e. The van der Waals surface area contributed by atoms with Gasteiger partial charge in [0.25, 0.3) is 5.56 Å². The van der Waals surface area contributed by atoms with Gasteiger partial charge < -0.3 is 4.74 Å². The first-order chi connectivity index (χ1) is 15.5. The number of para-hydroxylation sites is 1. The standard InChI is InChI=1S/C25H28ClN3O3/c1-27-21(16-24(30)29(25(27)31)20-6-4-3-5-7-20)17-28-12-10-18(11-13-28)14-19-15-22(32-2)8-9-23(19)26/h3-9,15-16,18H,10-14,17H2,1-2H3. The van der Waals surface area contributed by atoms with Crippen molar-refractivity contribution in [2.75, 3.05) is 20.2 Å². The van der Waals surface area contributed by atoms with Crippen LogP contribution in [-0.2, 0) is 20.0 Å². The number of hydrogen-bond donors (Lipinski definition) is 0. The molecule has 1 aliphatic heterocycles. The average molecular weight is 454 g/mol. The maximum absolute atomic E-state index is 12.9. The smallest absolute Gasteiger partial charge is 0.335 e. The minimum absolute atomic E-state index is 0.295. The molecule has 0 atom stereocenters. The van der Waals surface area contributed by atoms with E-state index in [1.807, 2.05) is 36.4 Å². The summed E-state index contributed by atoms with van der Waals surface area (Å²) in [6.07, 6.45) is 3.01. The van der Waals surface area contributed by atoms with Gasteiger partial charge in [0.15, 0.2) is 0 Å². The van der Waals surface area contributed by atoms with Crippen molar-refractivity contribution in [1.82, 2.24) is 14.0 Å². The van der Waals surface area contributed by atoms with Crippen LogP contribution >= 0.6 is 11.6 Å². The molecule has 1 fully saturated rings. The van der Waals surface area contributed by atoms with Crippen molar-refractivity contribution in [2.24, 2.45) is 13.0 Å². The fourth-order valence-electron chi connectivity index (χ4n) is 4.36. The Balaban J connectivity index is 1.43. The Morgan fingerprint density at radius 2 is 1.75 bits per heavy atom. The zero-order chi connectivity index (χ0) is 22.7. The molecule has 3 aromatic rings. The monoisotopic (exact) mass is 453 g/mol. The molecule has 1 saturated heterocycles. The van der Waals surface area contributed by atoms with Crippen molar-refractivity contribution in [3.8, 4) is 11.4 Å². The Bertz CT molecular complexity index is 1200. The molecule has 0 bridgehead atoms. The van der Waals surface area contributed by atoms with Gasteiger partial charge in [0.2, 0.25) is 0 Å². The Hall–Kier alpha value is -2.83.